The fourth-order valence-electron chi connectivity index (χ4n) is 4.21. The van der Waals surface area contributed by atoms with Gasteiger partial charge in [0.25, 0.3) is 10.0 Å². The van der Waals surface area contributed by atoms with E-state index in [9.17, 15) is 16.8 Å². The number of nitrogens with one attached hydrogen (secondary N) is 1. The number of sulfonamides is 2. The molecule has 35 heavy (non-hydrogen) atoms. The maximum absolute atomic E-state index is 12.5. The second-order valence-corrected chi connectivity index (χ2v) is 12.7. The van der Waals surface area contributed by atoms with Crippen molar-refractivity contribution < 1.29 is 21.6 Å². The number of likely N-dealkylation sites (tertiary alicyclic amines) is 1. The van der Waals surface area contributed by atoms with Crippen molar-refractivity contribution in [1.29, 1.82) is 0 Å². The molecule has 9 nitrogen and oxygen atoms in total. The van der Waals surface area contributed by atoms with Crippen molar-refractivity contribution in [3.63, 3.8) is 0 Å². The molecule has 1 fully saturated rings. The Labute approximate surface area is 207 Å². The lowest BCUT2D eigenvalue weighted by atomic mass is 10.1. The number of benzene rings is 2. The molecule has 2 heterocycles. The third-order valence-corrected chi connectivity index (χ3v) is 9.24. The first-order chi connectivity index (χ1) is 16.7. The van der Waals surface area contributed by atoms with Crippen LogP contribution in [0.25, 0.3) is 0 Å². The van der Waals surface area contributed by atoms with Gasteiger partial charge in [-0.3, -0.25) is 4.90 Å². The number of nitrogens with zero attached hydrogens (tertiary/aromatic N) is 3. The fourth-order valence-corrected chi connectivity index (χ4v) is 6.43. The highest BCUT2D eigenvalue weighted by atomic mass is 32.2. The summed E-state index contributed by atoms with van der Waals surface area (Å²) in [6, 6.07) is 12.2. The Morgan fingerprint density at radius 3 is 2.60 bits per heavy atom. The lowest BCUT2D eigenvalue weighted by Crippen LogP contribution is -2.29. The molecule has 2 aliphatic rings. The zero-order valence-electron chi connectivity index (χ0n) is 20.1. The molecule has 0 saturated carbocycles. The Kier molecular flexibility index (Phi) is 7.80. The second kappa shape index (κ2) is 10.7. The van der Waals surface area contributed by atoms with Gasteiger partial charge in [0.15, 0.2) is 0 Å². The average Bonchev–Trinajstić information content (AvgIpc) is 3.09. The van der Waals surface area contributed by atoms with Crippen LogP contribution in [-0.2, 0) is 26.6 Å². The van der Waals surface area contributed by atoms with E-state index in [1.807, 2.05) is 12.1 Å². The van der Waals surface area contributed by atoms with Gasteiger partial charge in [0.05, 0.1) is 11.5 Å². The topological polar surface area (TPSA) is 108 Å². The van der Waals surface area contributed by atoms with Gasteiger partial charge in [0, 0.05) is 32.7 Å². The van der Waals surface area contributed by atoms with Gasteiger partial charge in [0.2, 0.25) is 10.0 Å². The number of fused-ring (bicyclic) bond motifs is 1. The zero-order valence-corrected chi connectivity index (χ0v) is 21.7. The summed E-state index contributed by atoms with van der Waals surface area (Å²) in [6.45, 7) is 4.15. The van der Waals surface area contributed by atoms with Crippen molar-refractivity contribution >= 4 is 25.9 Å². The van der Waals surface area contributed by atoms with E-state index in [0.717, 1.165) is 35.8 Å². The molecule has 0 amide bonds. The lowest BCUT2D eigenvalue weighted by molar-refractivity contribution is 0.220. The minimum Gasteiger partial charge on any atom is -0.494 e. The van der Waals surface area contributed by atoms with Crippen LogP contribution in [0.5, 0.6) is 5.75 Å². The number of hydrogen-bond acceptors (Lipinski definition) is 7. The average molecular weight is 521 g/mol. The molecule has 0 radical (unpaired) electrons. The molecule has 0 atom stereocenters. The van der Waals surface area contributed by atoms with E-state index in [1.165, 1.54) is 51.1 Å². The smallest absolute Gasteiger partial charge is 0.285 e. The highest BCUT2D eigenvalue weighted by Gasteiger charge is 2.31. The molecular weight excluding hydrogens is 488 g/mol. The van der Waals surface area contributed by atoms with Crippen LogP contribution in [0.3, 0.4) is 0 Å². The summed E-state index contributed by atoms with van der Waals surface area (Å²) in [4.78, 5) is 2.28. The molecule has 0 aromatic heterocycles. The first kappa shape index (κ1) is 25.6. The predicted molar refractivity (Wildman–Crippen MR) is 135 cm³/mol. The van der Waals surface area contributed by atoms with Crippen molar-refractivity contribution in [2.45, 2.75) is 42.0 Å². The number of hydrogen-bond donors (Lipinski definition) is 1. The summed E-state index contributed by atoms with van der Waals surface area (Å²) in [6.07, 6.45) is 4.47. The Hall–Kier alpha value is -2.47. The van der Waals surface area contributed by atoms with Crippen LogP contribution in [-0.4, -0.2) is 72.2 Å². The predicted octanol–water partition coefficient (Wildman–Crippen LogP) is 2.43. The van der Waals surface area contributed by atoms with E-state index >= 15 is 0 Å². The molecule has 0 aliphatic carbocycles. The maximum Gasteiger partial charge on any atom is 0.285 e. The van der Waals surface area contributed by atoms with Crippen LogP contribution in [0.1, 0.15) is 36.8 Å². The molecule has 1 N–H and O–H groups in total. The molecule has 0 unspecified atom stereocenters. The number of ether oxygens (including phenoxy) is 1. The molecule has 4 rings (SSSR count). The maximum atomic E-state index is 12.5. The van der Waals surface area contributed by atoms with Crippen LogP contribution >= 0.6 is 0 Å². The second-order valence-electron chi connectivity index (χ2n) is 8.97. The summed E-state index contributed by atoms with van der Waals surface area (Å²) in [5.41, 5.74) is 1.61. The molecule has 2 aromatic carbocycles. The van der Waals surface area contributed by atoms with Gasteiger partial charge in [0.1, 0.15) is 16.5 Å². The van der Waals surface area contributed by atoms with Gasteiger partial charge in [-0.15, -0.1) is 4.40 Å². The number of piperidine rings is 1. The van der Waals surface area contributed by atoms with E-state index in [1.54, 1.807) is 0 Å². The highest BCUT2D eigenvalue weighted by Crippen LogP contribution is 2.29. The van der Waals surface area contributed by atoms with Crippen LogP contribution in [0.2, 0.25) is 0 Å². The molecule has 0 bridgehead atoms. The van der Waals surface area contributed by atoms with Crippen molar-refractivity contribution in [2.75, 3.05) is 40.3 Å². The van der Waals surface area contributed by atoms with E-state index in [-0.39, 0.29) is 15.6 Å². The van der Waals surface area contributed by atoms with Crippen LogP contribution in [0, 0.1) is 0 Å². The third kappa shape index (κ3) is 6.03. The largest absolute Gasteiger partial charge is 0.494 e. The van der Waals surface area contributed by atoms with Crippen LogP contribution in [0.15, 0.2) is 56.7 Å². The van der Waals surface area contributed by atoms with Gasteiger partial charge in [-0.05, 0) is 68.2 Å². The van der Waals surface area contributed by atoms with Crippen molar-refractivity contribution in [3.05, 3.63) is 53.6 Å². The Morgan fingerprint density at radius 2 is 1.86 bits per heavy atom. The quantitative estimate of drug-likeness (QED) is 0.506. The number of amidine groups is 1. The molecular formula is C24H32N4O5S2. The summed E-state index contributed by atoms with van der Waals surface area (Å²) in [5, 5.41) is 3.05. The highest BCUT2D eigenvalue weighted by molar-refractivity contribution is 7.91. The van der Waals surface area contributed by atoms with Gasteiger partial charge in [-0.2, -0.15) is 8.42 Å². The standard InChI is InChI=1S/C24H32N4O5S2/c1-27(2)35(31,32)21-10-11-22-23(17-21)34(29,30)26-24(22)25-12-7-15-33-20-9-6-8-19(16-20)18-28-13-4-3-5-14-28/h6,8-11,16-17H,3-5,7,12-15,18H2,1-2H3,(H,25,26). The van der Waals surface area contributed by atoms with Crippen molar-refractivity contribution in [1.82, 2.24) is 14.5 Å². The van der Waals surface area contributed by atoms with Gasteiger partial charge >= 0.3 is 0 Å². The summed E-state index contributed by atoms with van der Waals surface area (Å²) in [5.74, 6) is 1.04. The first-order valence-corrected chi connectivity index (χ1v) is 14.6. The Morgan fingerprint density at radius 1 is 1.09 bits per heavy atom. The van der Waals surface area contributed by atoms with Crippen molar-refractivity contribution in [3.8, 4) is 5.75 Å². The van der Waals surface area contributed by atoms with E-state index < -0.39 is 20.0 Å². The summed E-state index contributed by atoms with van der Waals surface area (Å²) >= 11 is 0. The van der Waals surface area contributed by atoms with E-state index in [2.05, 4.69) is 26.7 Å². The van der Waals surface area contributed by atoms with Gasteiger partial charge < -0.3 is 10.1 Å². The molecule has 11 heteroatoms. The van der Waals surface area contributed by atoms with Crippen LogP contribution < -0.4 is 10.1 Å². The normalized spacial score (nSPS) is 17.7. The monoisotopic (exact) mass is 520 g/mol. The van der Waals surface area contributed by atoms with E-state index in [0.29, 0.717) is 25.1 Å². The minimum atomic E-state index is -3.96. The molecule has 2 aliphatic heterocycles. The van der Waals surface area contributed by atoms with Gasteiger partial charge in [-0.1, -0.05) is 18.6 Å². The Balaban J connectivity index is 1.30. The van der Waals surface area contributed by atoms with Gasteiger partial charge in [-0.25, -0.2) is 12.7 Å². The molecule has 190 valence electrons. The first-order valence-electron chi connectivity index (χ1n) is 11.8. The summed E-state index contributed by atoms with van der Waals surface area (Å²) in [7, 11) is -4.92. The molecule has 2 aromatic rings. The number of rotatable bonds is 9. The SMILES string of the molecule is CN(C)S(=O)(=O)c1ccc2c(c1)S(=O)(=O)N=C2NCCCOc1cccc(CN2CCCCC2)c1. The molecule has 1 saturated heterocycles. The van der Waals surface area contributed by atoms with Crippen molar-refractivity contribution in [2.24, 2.45) is 4.40 Å². The summed E-state index contributed by atoms with van der Waals surface area (Å²) < 4.78 is 60.5. The zero-order chi connectivity index (χ0) is 25.1. The third-order valence-electron chi connectivity index (χ3n) is 6.11. The van der Waals surface area contributed by atoms with E-state index in [4.69, 9.17) is 4.74 Å². The lowest BCUT2D eigenvalue weighted by Gasteiger charge is -2.26. The molecule has 0 spiro atoms. The Bertz CT molecular complexity index is 1300. The fraction of sp³-hybridized carbons (Fsp3) is 0.458. The minimum absolute atomic E-state index is 0.0859. The van der Waals surface area contributed by atoms with Crippen LogP contribution in [0.4, 0.5) is 0 Å².